The molecule has 0 saturated carbocycles. The summed E-state index contributed by atoms with van der Waals surface area (Å²) < 4.78 is 7.19. The van der Waals surface area contributed by atoms with Gasteiger partial charge < -0.3 is 30.8 Å². The number of ether oxygens (including phenoxy) is 1. The van der Waals surface area contributed by atoms with E-state index in [-0.39, 0.29) is 10.6 Å². The number of nitrogen functional groups attached to an aromatic ring is 1. The third-order valence-electron chi connectivity index (χ3n) is 3.71. The predicted octanol–water partition coefficient (Wildman–Crippen LogP) is -0.924. The van der Waals surface area contributed by atoms with Crippen LogP contribution in [-0.4, -0.2) is 59.3 Å². The van der Waals surface area contributed by atoms with E-state index in [2.05, 4.69) is 26.8 Å². The van der Waals surface area contributed by atoms with Crippen LogP contribution in [0.15, 0.2) is 6.33 Å². The van der Waals surface area contributed by atoms with Crippen molar-refractivity contribution < 1.29 is 20.1 Å². The van der Waals surface area contributed by atoms with E-state index in [1.54, 1.807) is 0 Å². The first-order chi connectivity index (χ1) is 10.9. The maximum Gasteiger partial charge on any atom is 0.200 e. The first kappa shape index (κ1) is 15.9. The second kappa shape index (κ2) is 5.55. The lowest BCUT2D eigenvalue weighted by Gasteiger charge is -2.26. The quantitative estimate of drug-likeness (QED) is 0.350. The molecule has 0 aromatic carbocycles. The summed E-state index contributed by atoms with van der Waals surface area (Å²) in [6.07, 6.45) is -2.13. The summed E-state index contributed by atoms with van der Waals surface area (Å²) in [4.78, 5) is 10.8. The molecule has 23 heavy (non-hydrogen) atoms. The van der Waals surface area contributed by atoms with Gasteiger partial charge in [-0.05, 0) is 6.92 Å². The Morgan fingerprint density at radius 1 is 1.61 bits per heavy atom. The molecule has 10 heteroatoms. The Morgan fingerprint density at radius 2 is 2.35 bits per heavy atom. The first-order valence-corrected chi connectivity index (χ1v) is 7.16. The second-order valence-electron chi connectivity index (χ2n) is 5.13. The number of nitrogens with one attached hydrogen (secondary N) is 1. The fourth-order valence-corrected chi connectivity index (χ4v) is 2.91. The Balaban J connectivity index is 2.20. The van der Waals surface area contributed by atoms with Crippen LogP contribution in [-0.2, 0) is 4.74 Å². The molecule has 0 amide bonds. The van der Waals surface area contributed by atoms with Gasteiger partial charge in [0.15, 0.2) is 22.4 Å². The second-order valence-corrected chi connectivity index (χ2v) is 5.52. The smallest absolute Gasteiger partial charge is 0.200 e. The van der Waals surface area contributed by atoms with E-state index in [1.807, 2.05) is 0 Å². The minimum Gasteiger partial charge on any atom is -0.394 e. The van der Waals surface area contributed by atoms with E-state index in [1.165, 1.54) is 17.8 Å². The van der Waals surface area contributed by atoms with E-state index in [0.717, 1.165) is 0 Å². The highest BCUT2D eigenvalue weighted by atomic mass is 32.1. The van der Waals surface area contributed by atoms with Crippen molar-refractivity contribution in [3.63, 3.8) is 0 Å². The third-order valence-corrected chi connectivity index (χ3v) is 3.99. The molecule has 1 unspecified atom stereocenters. The van der Waals surface area contributed by atoms with Gasteiger partial charge in [0.2, 0.25) is 0 Å². The summed E-state index contributed by atoms with van der Waals surface area (Å²) in [6.45, 7) is 1.05. The molecule has 1 aliphatic heterocycles. The molecule has 0 aliphatic carbocycles. The predicted molar refractivity (Wildman–Crippen MR) is 82.5 cm³/mol. The molecule has 9 nitrogen and oxygen atoms in total. The minimum absolute atomic E-state index is 0.0756. The van der Waals surface area contributed by atoms with Crippen molar-refractivity contribution in [1.82, 2.24) is 19.5 Å². The van der Waals surface area contributed by atoms with Crippen LogP contribution in [0.4, 0.5) is 5.95 Å². The molecule has 3 heterocycles. The lowest BCUT2D eigenvalue weighted by atomic mass is 9.94. The monoisotopic (exact) mass is 337 g/mol. The number of aromatic amines is 1. The standard InChI is InChI=1S/C13H15N5O4S/c1-2-3-13(21)8(20)6(4-19)22-11(13)18-5-15-7-9(18)16-12(14)17-10(7)23/h5-6,8,11,19-21H,4H2,1H3,(H3,14,16,17,23)/t6-,8?,11-,13-/m1/s1. The molecular formula is C13H15N5O4S. The van der Waals surface area contributed by atoms with Gasteiger partial charge >= 0.3 is 0 Å². The highest BCUT2D eigenvalue weighted by Crippen LogP contribution is 2.39. The van der Waals surface area contributed by atoms with Crippen LogP contribution in [0, 0.1) is 16.5 Å². The van der Waals surface area contributed by atoms with E-state index in [0.29, 0.717) is 11.2 Å². The largest absolute Gasteiger partial charge is 0.394 e. The van der Waals surface area contributed by atoms with E-state index in [9.17, 15) is 15.3 Å². The van der Waals surface area contributed by atoms with Gasteiger partial charge in [-0.1, -0.05) is 18.1 Å². The van der Waals surface area contributed by atoms with Crippen molar-refractivity contribution in [2.45, 2.75) is 31.0 Å². The number of rotatable bonds is 2. The van der Waals surface area contributed by atoms with Gasteiger partial charge in [0, 0.05) is 0 Å². The molecule has 0 radical (unpaired) electrons. The molecular weight excluding hydrogens is 322 g/mol. The average Bonchev–Trinajstić information content (AvgIpc) is 3.01. The summed E-state index contributed by atoms with van der Waals surface area (Å²) in [5.74, 6) is 5.19. The Bertz CT molecular complexity index is 869. The van der Waals surface area contributed by atoms with E-state index in [4.69, 9.17) is 22.7 Å². The van der Waals surface area contributed by atoms with Crippen LogP contribution in [0.5, 0.6) is 0 Å². The zero-order valence-electron chi connectivity index (χ0n) is 12.1. The average molecular weight is 337 g/mol. The topological polar surface area (TPSA) is 142 Å². The fourth-order valence-electron chi connectivity index (χ4n) is 2.66. The number of nitrogens with zero attached hydrogens (tertiary/aromatic N) is 3. The Hall–Kier alpha value is -2.03. The normalized spacial score (nSPS) is 30.3. The molecule has 6 N–H and O–H groups in total. The van der Waals surface area contributed by atoms with Crippen molar-refractivity contribution >= 4 is 29.3 Å². The van der Waals surface area contributed by atoms with Crippen molar-refractivity contribution in [1.29, 1.82) is 0 Å². The van der Waals surface area contributed by atoms with Crippen molar-refractivity contribution in [3.05, 3.63) is 11.0 Å². The van der Waals surface area contributed by atoms with Crippen molar-refractivity contribution in [3.8, 4) is 11.8 Å². The minimum atomic E-state index is -1.93. The Kier molecular flexibility index (Phi) is 3.83. The highest BCUT2D eigenvalue weighted by molar-refractivity contribution is 7.71. The zero-order chi connectivity index (χ0) is 16.8. The maximum absolute atomic E-state index is 10.8. The number of aliphatic hydroxyl groups is 3. The first-order valence-electron chi connectivity index (χ1n) is 6.75. The lowest BCUT2D eigenvalue weighted by molar-refractivity contribution is -0.0722. The molecule has 3 rings (SSSR count). The Morgan fingerprint density at radius 3 is 3.00 bits per heavy atom. The van der Waals surface area contributed by atoms with Gasteiger partial charge in [-0.25, -0.2) is 9.97 Å². The van der Waals surface area contributed by atoms with E-state index < -0.39 is 30.6 Å². The van der Waals surface area contributed by atoms with Crippen molar-refractivity contribution in [2.75, 3.05) is 12.3 Å². The van der Waals surface area contributed by atoms with Crippen LogP contribution in [0.25, 0.3) is 11.2 Å². The van der Waals surface area contributed by atoms with Gasteiger partial charge in [-0.15, -0.1) is 5.92 Å². The van der Waals surface area contributed by atoms with Gasteiger partial charge in [0.25, 0.3) is 0 Å². The van der Waals surface area contributed by atoms with Gasteiger partial charge in [0.1, 0.15) is 23.4 Å². The van der Waals surface area contributed by atoms with Crippen LogP contribution < -0.4 is 5.73 Å². The van der Waals surface area contributed by atoms with Crippen LogP contribution >= 0.6 is 12.2 Å². The van der Waals surface area contributed by atoms with Crippen LogP contribution in [0.1, 0.15) is 13.2 Å². The molecule has 122 valence electrons. The molecule has 0 bridgehead atoms. The number of hydrogen-bond donors (Lipinski definition) is 5. The number of H-pyrrole nitrogens is 1. The molecule has 2 aromatic heterocycles. The van der Waals surface area contributed by atoms with Gasteiger partial charge in [-0.2, -0.15) is 0 Å². The number of aromatic nitrogens is 4. The number of fused-ring (bicyclic) bond motifs is 1. The summed E-state index contributed by atoms with van der Waals surface area (Å²) in [7, 11) is 0. The van der Waals surface area contributed by atoms with Crippen LogP contribution in [0.2, 0.25) is 0 Å². The molecule has 1 aliphatic rings. The number of imidazole rings is 1. The Labute approximate surface area is 135 Å². The number of anilines is 1. The van der Waals surface area contributed by atoms with Crippen LogP contribution in [0.3, 0.4) is 0 Å². The molecule has 1 fully saturated rings. The van der Waals surface area contributed by atoms with E-state index >= 15 is 0 Å². The third kappa shape index (κ3) is 2.30. The number of nitrogens with two attached hydrogens (primary N) is 1. The maximum atomic E-state index is 10.8. The SMILES string of the molecule is CC#C[C@@]1(O)C(O)[C@@H](CO)O[C@H]1n1cnc2c(=S)nc(N)[nH]c21. The lowest BCUT2D eigenvalue weighted by Crippen LogP contribution is -2.45. The van der Waals surface area contributed by atoms with Gasteiger partial charge in [-0.3, -0.25) is 4.57 Å². The number of hydrogen-bond acceptors (Lipinski definition) is 8. The summed E-state index contributed by atoms with van der Waals surface area (Å²) >= 11 is 5.10. The van der Waals surface area contributed by atoms with Gasteiger partial charge in [0.05, 0.1) is 12.9 Å². The highest BCUT2D eigenvalue weighted by Gasteiger charge is 2.55. The summed E-state index contributed by atoms with van der Waals surface area (Å²) in [5.41, 5.74) is 4.47. The molecule has 1 saturated heterocycles. The molecule has 0 spiro atoms. The van der Waals surface area contributed by atoms with Crippen molar-refractivity contribution in [2.24, 2.45) is 0 Å². The summed E-state index contributed by atoms with van der Waals surface area (Å²) in [6, 6.07) is 0. The molecule has 4 atom stereocenters. The molecule has 2 aromatic rings. The fraction of sp³-hybridized carbons (Fsp3) is 0.462. The number of aliphatic hydroxyl groups excluding tert-OH is 2. The summed E-state index contributed by atoms with van der Waals surface area (Å²) in [5, 5.41) is 30.4. The zero-order valence-corrected chi connectivity index (χ0v) is 12.9.